The van der Waals surface area contributed by atoms with E-state index in [-0.39, 0.29) is 10.8 Å². The number of nitrogens with one attached hydrogen (secondary N) is 1. The molecule has 0 bridgehead atoms. The summed E-state index contributed by atoms with van der Waals surface area (Å²) in [5, 5.41) is 7.19. The largest absolute Gasteiger partial charge is 0.371 e. The summed E-state index contributed by atoms with van der Waals surface area (Å²) in [5.41, 5.74) is 1.98. The highest BCUT2D eigenvalue weighted by Gasteiger charge is 2.28. The Balaban J connectivity index is 1.71. The predicted molar refractivity (Wildman–Crippen MR) is 121 cm³/mol. The second-order valence-electron chi connectivity index (χ2n) is 8.44. The lowest BCUT2D eigenvalue weighted by molar-refractivity contribution is 0.102. The summed E-state index contributed by atoms with van der Waals surface area (Å²) in [7, 11) is -1.86. The molecule has 31 heavy (non-hydrogen) atoms. The maximum Gasteiger partial charge on any atom is 0.258 e. The molecule has 1 N–H and O–H groups in total. The zero-order valence-corrected chi connectivity index (χ0v) is 19.1. The minimum Gasteiger partial charge on any atom is -0.371 e. The Morgan fingerprint density at radius 3 is 2.23 bits per heavy atom. The maximum absolute atomic E-state index is 13.3. The van der Waals surface area contributed by atoms with E-state index in [2.05, 4.69) is 15.3 Å². The first kappa shape index (κ1) is 21.8. The van der Waals surface area contributed by atoms with Crippen LogP contribution >= 0.6 is 0 Å². The van der Waals surface area contributed by atoms with Gasteiger partial charge in [-0.2, -0.15) is 9.40 Å². The van der Waals surface area contributed by atoms with Gasteiger partial charge in [-0.25, -0.2) is 8.42 Å². The van der Waals surface area contributed by atoms with Crippen molar-refractivity contribution >= 4 is 27.4 Å². The number of carbonyl (C=O) groups is 1. The van der Waals surface area contributed by atoms with Gasteiger partial charge in [0, 0.05) is 45.0 Å². The summed E-state index contributed by atoms with van der Waals surface area (Å²) in [5.74, 6) is 0.260. The molecule has 2 aromatic rings. The Labute approximate surface area is 184 Å². The summed E-state index contributed by atoms with van der Waals surface area (Å²) >= 11 is 0. The summed E-state index contributed by atoms with van der Waals surface area (Å²) in [6.45, 7) is 4.66. The molecule has 4 rings (SSSR count). The molecule has 8 nitrogen and oxygen atoms in total. The lowest BCUT2D eigenvalue weighted by Gasteiger charge is -2.31. The van der Waals surface area contributed by atoms with Gasteiger partial charge in [-0.05, 0) is 57.2 Å². The van der Waals surface area contributed by atoms with E-state index in [1.54, 1.807) is 40.3 Å². The summed E-state index contributed by atoms with van der Waals surface area (Å²) < 4.78 is 29.6. The summed E-state index contributed by atoms with van der Waals surface area (Å²) in [6.07, 6.45) is 6.10. The van der Waals surface area contributed by atoms with Gasteiger partial charge < -0.3 is 10.2 Å². The van der Waals surface area contributed by atoms with Crippen molar-refractivity contribution in [1.82, 2.24) is 14.1 Å². The van der Waals surface area contributed by atoms with Crippen molar-refractivity contribution in [3.63, 3.8) is 0 Å². The van der Waals surface area contributed by atoms with Crippen molar-refractivity contribution in [1.29, 1.82) is 0 Å². The first-order valence-electron chi connectivity index (χ1n) is 11.1. The van der Waals surface area contributed by atoms with Crippen LogP contribution in [0.4, 0.5) is 11.5 Å². The maximum atomic E-state index is 13.3. The second-order valence-corrected chi connectivity index (χ2v) is 10.4. The van der Waals surface area contributed by atoms with Crippen LogP contribution in [-0.2, 0) is 17.1 Å². The molecule has 168 valence electrons. The van der Waals surface area contributed by atoms with Gasteiger partial charge in [0.2, 0.25) is 10.0 Å². The quantitative estimate of drug-likeness (QED) is 0.764. The third-order valence-corrected chi connectivity index (χ3v) is 8.00. The monoisotopic (exact) mass is 445 g/mol. The van der Waals surface area contributed by atoms with E-state index in [0.29, 0.717) is 24.5 Å². The van der Waals surface area contributed by atoms with Crippen LogP contribution in [-0.4, -0.2) is 54.6 Å². The zero-order valence-electron chi connectivity index (χ0n) is 18.3. The van der Waals surface area contributed by atoms with Gasteiger partial charge in [-0.3, -0.25) is 9.48 Å². The molecule has 2 saturated heterocycles. The number of sulfonamides is 1. The highest BCUT2D eigenvalue weighted by molar-refractivity contribution is 7.89. The highest BCUT2D eigenvalue weighted by atomic mass is 32.2. The van der Waals surface area contributed by atoms with Crippen molar-refractivity contribution in [2.75, 3.05) is 36.4 Å². The Morgan fingerprint density at radius 1 is 0.968 bits per heavy atom. The third kappa shape index (κ3) is 4.62. The van der Waals surface area contributed by atoms with Crippen molar-refractivity contribution in [2.24, 2.45) is 7.05 Å². The fourth-order valence-corrected chi connectivity index (χ4v) is 5.98. The molecule has 3 heterocycles. The topological polar surface area (TPSA) is 87.5 Å². The molecule has 0 atom stereocenters. The minimum absolute atomic E-state index is 0.182. The fourth-order valence-electron chi connectivity index (χ4n) is 4.43. The van der Waals surface area contributed by atoms with Crippen LogP contribution in [0.25, 0.3) is 0 Å². The van der Waals surface area contributed by atoms with Crippen molar-refractivity contribution in [3.05, 3.63) is 35.5 Å². The SMILES string of the molecule is Cc1cc(NC(=O)c2cc(S(=O)(=O)N3CCCCC3)ccc2N2CCCCC2)n(C)n1. The molecule has 0 aliphatic carbocycles. The van der Waals surface area contributed by atoms with E-state index in [1.165, 1.54) is 6.42 Å². The van der Waals surface area contributed by atoms with Gasteiger partial charge in [0.25, 0.3) is 5.91 Å². The number of anilines is 2. The van der Waals surface area contributed by atoms with Crippen LogP contribution < -0.4 is 10.2 Å². The molecule has 1 amide bonds. The third-order valence-electron chi connectivity index (χ3n) is 6.11. The number of carbonyl (C=O) groups excluding carboxylic acids is 1. The molecule has 2 aliphatic heterocycles. The lowest BCUT2D eigenvalue weighted by atomic mass is 10.1. The van der Waals surface area contributed by atoms with Crippen LogP contribution in [0.3, 0.4) is 0 Å². The molecule has 0 radical (unpaired) electrons. The van der Waals surface area contributed by atoms with Gasteiger partial charge in [0.05, 0.1) is 16.2 Å². The molecule has 2 fully saturated rings. The number of piperidine rings is 2. The predicted octanol–water partition coefficient (Wildman–Crippen LogP) is 3.15. The first-order chi connectivity index (χ1) is 14.9. The van der Waals surface area contributed by atoms with E-state index < -0.39 is 10.0 Å². The van der Waals surface area contributed by atoms with E-state index in [1.807, 2.05) is 6.92 Å². The average molecular weight is 446 g/mol. The number of benzene rings is 1. The first-order valence-corrected chi connectivity index (χ1v) is 12.5. The lowest BCUT2D eigenvalue weighted by Crippen LogP contribution is -2.36. The number of rotatable bonds is 5. The number of hydrogen-bond acceptors (Lipinski definition) is 5. The molecule has 1 aromatic heterocycles. The van der Waals surface area contributed by atoms with E-state index in [4.69, 9.17) is 0 Å². The Hall–Kier alpha value is -2.39. The number of nitrogens with zero attached hydrogens (tertiary/aromatic N) is 4. The van der Waals surface area contributed by atoms with Crippen LogP contribution in [0, 0.1) is 6.92 Å². The molecule has 2 aliphatic rings. The molecule has 1 aromatic carbocycles. The normalized spacial score (nSPS) is 18.2. The van der Waals surface area contributed by atoms with Gasteiger partial charge in [-0.15, -0.1) is 0 Å². The van der Waals surface area contributed by atoms with E-state index in [9.17, 15) is 13.2 Å². The van der Waals surface area contributed by atoms with Crippen LogP contribution in [0.15, 0.2) is 29.2 Å². The van der Waals surface area contributed by atoms with Gasteiger partial charge in [0.15, 0.2) is 0 Å². The standard InChI is InChI=1S/C22H31N5O3S/c1-17-15-21(25(2)24-17)23-22(28)19-16-18(31(29,30)27-13-7-4-8-14-27)9-10-20(19)26-11-5-3-6-12-26/h9-10,15-16H,3-8,11-14H2,1-2H3,(H,23,28). The second kappa shape index (κ2) is 9.00. The number of aromatic nitrogens is 2. The van der Waals surface area contributed by atoms with Crippen molar-refractivity contribution < 1.29 is 13.2 Å². The molecule has 9 heteroatoms. The van der Waals surface area contributed by atoms with Gasteiger partial charge >= 0.3 is 0 Å². The number of hydrogen-bond donors (Lipinski definition) is 1. The zero-order chi connectivity index (χ0) is 22.0. The van der Waals surface area contributed by atoms with E-state index in [0.717, 1.165) is 56.6 Å². The van der Waals surface area contributed by atoms with Gasteiger partial charge in [0.1, 0.15) is 5.82 Å². The number of amides is 1. The molecule has 0 unspecified atom stereocenters. The van der Waals surface area contributed by atoms with Crippen LogP contribution in [0.2, 0.25) is 0 Å². The van der Waals surface area contributed by atoms with Crippen LogP contribution in [0.1, 0.15) is 54.6 Å². The van der Waals surface area contributed by atoms with E-state index >= 15 is 0 Å². The summed E-state index contributed by atoms with van der Waals surface area (Å²) in [4.78, 5) is 15.7. The van der Waals surface area contributed by atoms with Crippen LogP contribution in [0.5, 0.6) is 0 Å². The summed E-state index contributed by atoms with van der Waals surface area (Å²) in [6, 6.07) is 6.80. The molecular weight excluding hydrogens is 414 g/mol. The molecule has 0 spiro atoms. The average Bonchev–Trinajstić information content (AvgIpc) is 3.10. The number of aryl methyl sites for hydroxylation is 2. The smallest absolute Gasteiger partial charge is 0.258 e. The highest BCUT2D eigenvalue weighted by Crippen LogP contribution is 2.30. The fraction of sp³-hybridized carbons (Fsp3) is 0.545. The Kier molecular flexibility index (Phi) is 6.34. The van der Waals surface area contributed by atoms with Crippen molar-refractivity contribution in [2.45, 2.75) is 50.3 Å². The molecular formula is C22H31N5O3S. The Bertz CT molecular complexity index is 1050. The van der Waals surface area contributed by atoms with Gasteiger partial charge in [-0.1, -0.05) is 6.42 Å². The molecule has 0 saturated carbocycles. The minimum atomic E-state index is -3.63. The van der Waals surface area contributed by atoms with Crippen molar-refractivity contribution in [3.8, 4) is 0 Å². The Morgan fingerprint density at radius 2 is 1.61 bits per heavy atom.